The van der Waals surface area contributed by atoms with E-state index < -0.39 is 0 Å². The maximum Gasteiger partial charge on any atom is 0.234 e. The van der Waals surface area contributed by atoms with Crippen LogP contribution in [0.1, 0.15) is 18.9 Å². The van der Waals surface area contributed by atoms with Crippen LogP contribution in [0.5, 0.6) is 0 Å². The van der Waals surface area contributed by atoms with Gasteiger partial charge in [-0.05, 0) is 31.0 Å². The molecule has 1 aliphatic carbocycles. The molecule has 0 spiro atoms. The molecular weight excluding hydrogens is 376 g/mol. The van der Waals surface area contributed by atoms with Crippen LogP contribution in [0.4, 0.5) is 5.69 Å². The van der Waals surface area contributed by atoms with Gasteiger partial charge in [0.05, 0.1) is 16.5 Å². The number of hydrogen-bond acceptors (Lipinski definition) is 4. The minimum atomic E-state index is -0.116. The average Bonchev–Trinajstić information content (AvgIpc) is 3.18. The third-order valence-electron chi connectivity index (χ3n) is 3.02. The molecule has 0 aliphatic heterocycles. The molecule has 110 valence electrons. The third-order valence-corrected chi connectivity index (χ3v) is 4.78. The maximum absolute atomic E-state index is 12.0. The SMILES string of the molecule is O=C(CSc1nncn1C1CC1)Nc1ccc(Br)cc1Cl. The van der Waals surface area contributed by atoms with E-state index in [2.05, 4.69) is 31.4 Å². The minimum Gasteiger partial charge on any atom is -0.324 e. The fourth-order valence-electron chi connectivity index (χ4n) is 1.85. The molecule has 1 aliphatic rings. The number of benzene rings is 1. The first kappa shape index (κ1) is 14.9. The number of rotatable bonds is 5. The first-order valence-electron chi connectivity index (χ1n) is 6.40. The lowest BCUT2D eigenvalue weighted by Crippen LogP contribution is -2.14. The third kappa shape index (κ3) is 3.78. The lowest BCUT2D eigenvalue weighted by atomic mass is 10.3. The Bertz CT molecular complexity index is 674. The molecule has 1 amide bonds. The maximum atomic E-state index is 12.0. The van der Waals surface area contributed by atoms with E-state index in [0.29, 0.717) is 16.8 Å². The number of carbonyl (C=O) groups is 1. The van der Waals surface area contributed by atoms with Gasteiger partial charge in [-0.1, -0.05) is 39.3 Å². The Labute approximate surface area is 139 Å². The molecule has 0 saturated heterocycles. The molecule has 5 nitrogen and oxygen atoms in total. The van der Waals surface area contributed by atoms with Crippen molar-refractivity contribution in [1.29, 1.82) is 0 Å². The molecule has 0 radical (unpaired) electrons. The van der Waals surface area contributed by atoms with Gasteiger partial charge in [0.1, 0.15) is 6.33 Å². The van der Waals surface area contributed by atoms with E-state index in [0.717, 1.165) is 22.5 Å². The van der Waals surface area contributed by atoms with Crippen molar-refractivity contribution >= 4 is 50.9 Å². The minimum absolute atomic E-state index is 0.116. The first-order chi connectivity index (χ1) is 10.1. The summed E-state index contributed by atoms with van der Waals surface area (Å²) in [7, 11) is 0. The average molecular weight is 388 g/mol. The van der Waals surface area contributed by atoms with Crippen molar-refractivity contribution in [2.45, 2.75) is 24.0 Å². The normalized spacial score (nSPS) is 14.2. The van der Waals surface area contributed by atoms with Crippen LogP contribution in [0, 0.1) is 0 Å². The van der Waals surface area contributed by atoms with Crippen LogP contribution >= 0.6 is 39.3 Å². The zero-order chi connectivity index (χ0) is 14.8. The molecule has 8 heteroatoms. The Morgan fingerprint density at radius 3 is 3.05 bits per heavy atom. The summed E-state index contributed by atoms with van der Waals surface area (Å²) in [5.41, 5.74) is 0.606. The Kier molecular flexibility index (Phi) is 4.51. The summed E-state index contributed by atoms with van der Waals surface area (Å²) < 4.78 is 2.90. The van der Waals surface area contributed by atoms with Gasteiger partial charge in [0, 0.05) is 10.5 Å². The second-order valence-electron chi connectivity index (χ2n) is 4.71. The van der Waals surface area contributed by atoms with Gasteiger partial charge in [-0.3, -0.25) is 4.79 Å². The molecule has 0 bridgehead atoms. The summed E-state index contributed by atoms with van der Waals surface area (Å²) in [6, 6.07) is 5.85. The number of aromatic nitrogens is 3. The van der Waals surface area contributed by atoms with Gasteiger partial charge in [-0.25, -0.2) is 0 Å². The summed E-state index contributed by atoms with van der Waals surface area (Å²) in [4.78, 5) is 12.0. The zero-order valence-corrected chi connectivity index (χ0v) is 14.1. The van der Waals surface area contributed by atoms with E-state index in [1.165, 1.54) is 11.8 Å². The number of nitrogens with one attached hydrogen (secondary N) is 1. The van der Waals surface area contributed by atoms with Gasteiger partial charge in [0.15, 0.2) is 5.16 Å². The second-order valence-corrected chi connectivity index (χ2v) is 6.98. The highest BCUT2D eigenvalue weighted by atomic mass is 79.9. The van der Waals surface area contributed by atoms with E-state index in [1.807, 2.05) is 10.6 Å². The summed E-state index contributed by atoms with van der Waals surface area (Å²) >= 11 is 10.8. The molecule has 1 heterocycles. The standard InChI is InChI=1S/C13H12BrClN4OS/c14-8-1-4-11(10(15)5-8)17-12(20)6-21-13-18-16-7-19(13)9-2-3-9/h1,4-5,7,9H,2-3,6H2,(H,17,20). The second kappa shape index (κ2) is 6.37. The zero-order valence-electron chi connectivity index (χ0n) is 10.9. The van der Waals surface area contributed by atoms with Crippen molar-refractivity contribution in [1.82, 2.24) is 14.8 Å². The quantitative estimate of drug-likeness (QED) is 0.794. The highest BCUT2D eigenvalue weighted by Gasteiger charge is 2.26. The lowest BCUT2D eigenvalue weighted by Gasteiger charge is -2.07. The first-order valence-corrected chi connectivity index (χ1v) is 8.56. The molecule has 1 saturated carbocycles. The van der Waals surface area contributed by atoms with Crippen molar-refractivity contribution in [3.8, 4) is 0 Å². The number of carbonyl (C=O) groups excluding carboxylic acids is 1. The number of thioether (sulfide) groups is 1. The van der Waals surface area contributed by atoms with Crippen LogP contribution in [0.2, 0.25) is 5.02 Å². The fraction of sp³-hybridized carbons (Fsp3) is 0.308. The molecular formula is C13H12BrClN4OS. The molecule has 0 unspecified atom stereocenters. The summed E-state index contributed by atoms with van der Waals surface area (Å²) in [6.45, 7) is 0. The van der Waals surface area contributed by atoms with E-state index >= 15 is 0 Å². The highest BCUT2D eigenvalue weighted by molar-refractivity contribution is 9.10. The van der Waals surface area contributed by atoms with Crippen LogP contribution in [0.15, 0.2) is 34.2 Å². The van der Waals surface area contributed by atoms with Crippen LogP contribution < -0.4 is 5.32 Å². The molecule has 3 rings (SSSR count). The molecule has 1 N–H and O–H groups in total. The monoisotopic (exact) mass is 386 g/mol. The van der Waals surface area contributed by atoms with Crippen molar-refractivity contribution < 1.29 is 4.79 Å². The van der Waals surface area contributed by atoms with Gasteiger partial charge in [0.25, 0.3) is 0 Å². The van der Waals surface area contributed by atoms with E-state index in [4.69, 9.17) is 11.6 Å². The number of amides is 1. The molecule has 21 heavy (non-hydrogen) atoms. The van der Waals surface area contributed by atoms with Crippen LogP contribution in [0.3, 0.4) is 0 Å². The van der Waals surface area contributed by atoms with Crippen LogP contribution in [-0.2, 0) is 4.79 Å². The van der Waals surface area contributed by atoms with E-state index in [9.17, 15) is 4.79 Å². The summed E-state index contributed by atoms with van der Waals surface area (Å²) in [5, 5.41) is 12.0. The topological polar surface area (TPSA) is 59.8 Å². The Morgan fingerprint density at radius 2 is 2.33 bits per heavy atom. The predicted octanol–water partition coefficient (Wildman–Crippen LogP) is 3.76. The number of nitrogens with zero attached hydrogens (tertiary/aromatic N) is 3. The lowest BCUT2D eigenvalue weighted by molar-refractivity contribution is -0.113. The fourth-order valence-corrected chi connectivity index (χ4v) is 3.35. The highest BCUT2D eigenvalue weighted by Crippen LogP contribution is 2.37. The van der Waals surface area contributed by atoms with Crippen molar-refractivity contribution in [3.63, 3.8) is 0 Å². The summed E-state index contributed by atoms with van der Waals surface area (Å²) in [5.74, 6) is 0.159. The van der Waals surface area contributed by atoms with Gasteiger partial charge >= 0.3 is 0 Å². The van der Waals surface area contributed by atoms with Crippen molar-refractivity contribution in [3.05, 3.63) is 34.0 Å². The van der Waals surface area contributed by atoms with Crippen LogP contribution in [0.25, 0.3) is 0 Å². The van der Waals surface area contributed by atoms with Gasteiger partial charge < -0.3 is 9.88 Å². The smallest absolute Gasteiger partial charge is 0.234 e. The number of halogens is 2. The Morgan fingerprint density at radius 1 is 1.52 bits per heavy atom. The number of hydrogen-bond donors (Lipinski definition) is 1. The molecule has 1 aromatic carbocycles. The Balaban J connectivity index is 1.57. The molecule has 1 fully saturated rings. The summed E-state index contributed by atoms with van der Waals surface area (Å²) in [6.07, 6.45) is 4.04. The number of anilines is 1. The molecule has 1 aromatic heterocycles. The van der Waals surface area contributed by atoms with Gasteiger partial charge in [-0.15, -0.1) is 10.2 Å². The molecule has 2 aromatic rings. The largest absolute Gasteiger partial charge is 0.324 e. The van der Waals surface area contributed by atoms with Gasteiger partial charge in [-0.2, -0.15) is 0 Å². The predicted molar refractivity (Wildman–Crippen MR) is 86.8 cm³/mol. The van der Waals surface area contributed by atoms with Gasteiger partial charge in [0.2, 0.25) is 5.91 Å². The van der Waals surface area contributed by atoms with E-state index in [1.54, 1.807) is 18.5 Å². The van der Waals surface area contributed by atoms with Crippen molar-refractivity contribution in [2.75, 3.05) is 11.1 Å². The Hall–Kier alpha value is -1.05. The molecule has 0 atom stereocenters. The van der Waals surface area contributed by atoms with E-state index in [-0.39, 0.29) is 11.7 Å². The van der Waals surface area contributed by atoms with Crippen molar-refractivity contribution in [2.24, 2.45) is 0 Å². The van der Waals surface area contributed by atoms with Crippen LogP contribution in [-0.4, -0.2) is 26.4 Å².